The number of nitrogens with zero attached hydrogens (tertiary/aromatic N) is 6. The smallest absolute Gasteiger partial charge is 0.227 e. The number of anilines is 1. The Morgan fingerprint density at radius 1 is 1.26 bits per heavy atom. The van der Waals surface area contributed by atoms with Crippen LogP contribution in [-0.2, 0) is 11.2 Å². The molecule has 2 aromatic heterocycles. The third-order valence-corrected chi connectivity index (χ3v) is 5.37. The molecule has 1 atom stereocenters. The number of amides is 1. The summed E-state index contributed by atoms with van der Waals surface area (Å²) in [5, 5.41) is 3.77. The summed E-state index contributed by atoms with van der Waals surface area (Å²) in [4.78, 5) is 30.2. The van der Waals surface area contributed by atoms with Crippen molar-refractivity contribution in [2.24, 2.45) is 0 Å². The Balaban J connectivity index is 1.63. The van der Waals surface area contributed by atoms with Gasteiger partial charge in [0.05, 0.1) is 11.7 Å². The highest BCUT2D eigenvalue weighted by Gasteiger charge is 2.33. The van der Waals surface area contributed by atoms with Gasteiger partial charge in [0.15, 0.2) is 5.82 Å². The molecule has 1 fully saturated rings. The highest BCUT2D eigenvalue weighted by molar-refractivity contribution is 5.78. The van der Waals surface area contributed by atoms with E-state index in [2.05, 4.69) is 15.1 Å². The van der Waals surface area contributed by atoms with Gasteiger partial charge in [0.2, 0.25) is 17.7 Å². The first-order valence-electron chi connectivity index (χ1n) is 10.3. The van der Waals surface area contributed by atoms with Crippen molar-refractivity contribution in [2.45, 2.75) is 38.6 Å². The Bertz CT molecular complexity index is 1070. The van der Waals surface area contributed by atoms with Crippen molar-refractivity contribution in [3.05, 3.63) is 53.7 Å². The number of hydrogen-bond acceptors (Lipinski definition) is 7. The number of aryl methyl sites for hydroxylation is 2. The molecule has 0 saturated carbocycles. The lowest BCUT2D eigenvalue weighted by Gasteiger charge is -2.27. The van der Waals surface area contributed by atoms with Gasteiger partial charge in [-0.2, -0.15) is 4.98 Å². The summed E-state index contributed by atoms with van der Waals surface area (Å²) in [5.41, 5.74) is 2.41. The Kier molecular flexibility index (Phi) is 5.92. The van der Waals surface area contributed by atoms with E-state index in [1.807, 2.05) is 23.9 Å². The van der Waals surface area contributed by atoms with Crippen LogP contribution < -0.4 is 4.90 Å². The molecule has 1 saturated heterocycles. The second-order valence-corrected chi connectivity index (χ2v) is 7.85. The minimum atomic E-state index is -0.301. The molecule has 0 unspecified atom stereocenters. The van der Waals surface area contributed by atoms with Crippen LogP contribution in [0.25, 0.3) is 11.1 Å². The molecule has 3 aromatic rings. The normalized spacial score (nSPS) is 16.0. The Morgan fingerprint density at radius 3 is 2.71 bits per heavy atom. The van der Waals surface area contributed by atoms with Crippen LogP contribution in [0.1, 0.15) is 42.7 Å². The third-order valence-electron chi connectivity index (χ3n) is 5.37. The van der Waals surface area contributed by atoms with Crippen LogP contribution >= 0.6 is 0 Å². The van der Waals surface area contributed by atoms with Crippen molar-refractivity contribution in [3.8, 4) is 11.1 Å². The quantitative estimate of drug-likeness (QED) is 0.600. The second-order valence-electron chi connectivity index (χ2n) is 7.85. The maximum atomic E-state index is 13.5. The van der Waals surface area contributed by atoms with Crippen LogP contribution in [0.15, 0.2) is 35.0 Å². The van der Waals surface area contributed by atoms with Gasteiger partial charge in [0.25, 0.3) is 0 Å². The van der Waals surface area contributed by atoms with Crippen molar-refractivity contribution in [2.75, 3.05) is 25.5 Å². The van der Waals surface area contributed by atoms with Crippen LogP contribution in [0, 0.1) is 12.7 Å². The number of likely N-dealkylation sites (tertiary alicyclic amines) is 1. The van der Waals surface area contributed by atoms with Gasteiger partial charge >= 0.3 is 0 Å². The first-order valence-corrected chi connectivity index (χ1v) is 10.3. The lowest BCUT2D eigenvalue weighted by molar-refractivity contribution is -0.132. The van der Waals surface area contributed by atoms with E-state index in [1.54, 1.807) is 25.3 Å². The minimum Gasteiger partial charge on any atom is -0.347 e. The van der Waals surface area contributed by atoms with Crippen LogP contribution in [0.3, 0.4) is 0 Å². The molecule has 8 nitrogen and oxygen atoms in total. The van der Waals surface area contributed by atoms with E-state index in [-0.39, 0.29) is 24.2 Å². The summed E-state index contributed by atoms with van der Waals surface area (Å²) in [6.07, 6.45) is 4.15. The van der Waals surface area contributed by atoms with Gasteiger partial charge in [-0.15, -0.1) is 0 Å². The Morgan fingerprint density at radius 2 is 2.03 bits per heavy atom. The zero-order valence-electron chi connectivity index (χ0n) is 17.9. The summed E-state index contributed by atoms with van der Waals surface area (Å²) in [6.45, 7) is 2.41. The van der Waals surface area contributed by atoms with Crippen LogP contribution in [0.2, 0.25) is 0 Å². The predicted octanol–water partition coefficient (Wildman–Crippen LogP) is 3.34. The van der Waals surface area contributed by atoms with Crippen molar-refractivity contribution >= 4 is 11.9 Å². The molecule has 0 spiro atoms. The molecule has 1 aliphatic rings. The summed E-state index contributed by atoms with van der Waals surface area (Å²) >= 11 is 0. The topological polar surface area (TPSA) is 88.3 Å². The van der Waals surface area contributed by atoms with Gasteiger partial charge in [-0.05, 0) is 37.5 Å². The molecule has 3 heterocycles. The van der Waals surface area contributed by atoms with Crippen molar-refractivity contribution in [3.63, 3.8) is 0 Å². The fourth-order valence-electron chi connectivity index (χ4n) is 3.86. The molecule has 1 aromatic carbocycles. The van der Waals surface area contributed by atoms with Crippen LogP contribution in [0.5, 0.6) is 0 Å². The highest BCUT2D eigenvalue weighted by atomic mass is 19.1. The van der Waals surface area contributed by atoms with Gasteiger partial charge in [-0.1, -0.05) is 17.3 Å². The molecular formula is C22H25FN6O2. The Labute approximate surface area is 180 Å². The standard InChI is InChI=1S/C22H25FN6O2/c1-14-25-19(31-27-14)10-11-20(30)29-12-4-5-18(29)21-17(13-24-22(26-21)28(2)3)15-6-8-16(23)9-7-15/h6-9,13,18H,4-5,10-12H2,1-3H3/t18-/m0/s1. The number of aromatic nitrogens is 4. The molecule has 1 aliphatic heterocycles. The fraction of sp³-hybridized carbons (Fsp3) is 0.409. The van der Waals surface area contributed by atoms with Gasteiger partial charge in [0.1, 0.15) is 5.82 Å². The van der Waals surface area contributed by atoms with Crippen LogP contribution in [0.4, 0.5) is 10.3 Å². The monoisotopic (exact) mass is 424 g/mol. The van der Waals surface area contributed by atoms with Gasteiger partial charge < -0.3 is 14.3 Å². The lowest BCUT2D eigenvalue weighted by Crippen LogP contribution is -2.32. The van der Waals surface area contributed by atoms with E-state index < -0.39 is 0 Å². The lowest BCUT2D eigenvalue weighted by atomic mass is 9.99. The van der Waals surface area contributed by atoms with Crippen LogP contribution in [-0.4, -0.2) is 51.6 Å². The largest absolute Gasteiger partial charge is 0.347 e. The van der Waals surface area contributed by atoms with Crippen molar-refractivity contribution < 1.29 is 13.7 Å². The summed E-state index contributed by atoms with van der Waals surface area (Å²) in [6, 6.07) is 6.10. The minimum absolute atomic E-state index is 0.0217. The van der Waals surface area contributed by atoms with E-state index in [0.29, 0.717) is 30.6 Å². The number of benzene rings is 1. The van der Waals surface area contributed by atoms with E-state index >= 15 is 0 Å². The zero-order chi connectivity index (χ0) is 22.0. The predicted molar refractivity (Wildman–Crippen MR) is 113 cm³/mol. The van der Waals surface area contributed by atoms with Crippen molar-refractivity contribution in [1.82, 2.24) is 25.0 Å². The molecular weight excluding hydrogens is 399 g/mol. The average molecular weight is 424 g/mol. The molecule has 31 heavy (non-hydrogen) atoms. The second kappa shape index (κ2) is 8.79. The molecule has 162 valence electrons. The maximum absolute atomic E-state index is 13.5. The highest BCUT2D eigenvalue weighted by Crippen LogP contribution is 2.37. The third kappa shape index (κ3) is 4.55. The summed E-state index contributed by atoms with van der Waals surface area (Å²) in [7, 11) is 3.75. The van der Waals surface area contributed by atoms with Crippen molar-refractivity contribution in [1.29, 1.82) is 0 Å². The van der Waals surface area contributed by atoms with E-state index in [9.17, 15) is 9.18 Å². The van der Waals surface area contributed by atoms with E-state index in [1.165, 1.54) is 12.1 Å². The first kappa shape index (κ1) is 20.9. The zero-order valence-corrected chi connectivity index (χ0v) is 17.9. The molecule has 1 amide bonds. The first-order chi connectivity index (χ1) is 14.9. The molecule has 0 aliphatic carbocycles. The van der Waals surface area contributed by atoms with E-state index in [0.717, 1.165) is 29.7 Å². The molecule has 9 heteroatoms. The number of carbonyl (C=O) groups excluding carboxylic acids is 1. The Hall–Kier alpha value is -3.36. The molecule has 0 bridgehead atoms. The van der Waals surface area contributed by atoms with Gasteiger partial charge in [-0.3, -0.25) is 4.79 Å². The van der Waals surface area contributed by atoms with Gasteiger partial charge in [-0.25, -0.2) is 14.4 Å². The number of rotatable bonds is 6. The molecule has 0 radical (unpaired) electrons. The SMILES string of the molecule is Cc1noc(CCC(=O)N2CCC[C@H]2c2nc(N(C)C)ncc2-c2ccc(F)cc2)n1. The number of hydrogen-bond donors (Lipinski definition) is 0. The molecule has 0 N–H and O–H groups in total. The van der Waals surface area contributed by atoms with E-state index in [4.69, 9.17) is 9.51 Å². The average Bonchev–Trinajstić information content (AvgIpc) is 3.41. The van der Waals surface area contributed by atoms with Gasteiger partial charge in [0, 0.05) is 45.2 Å². The number of halogens is 1. The number of carbonyl (C=O) groups is 1. The maximum Gasteiger partial charge on any atom is 0.227 e. The summed E-state index contributed by atoms with van der Waals surface area (Å²) < 4.78 is 18.6. The fourth-order valence-corrected chi connectivity index (χ4v) is 3.86. The summed E-state index contributed by atoms with van der Waals surface area (Å²) in [5.74, 6) is 1.31. The molecule has 4 rings (SSSR count).